The first kappa shape index (κ1) is 23.9. The van der Waals surface area contributed by atoms with Crippen molar-refractivity contribution in [2.24, 2.45) is 0 Å². The molecule has 0 saturated carbocycles. The highest BCUT2D eigenvalue weighted by molar-refractivity contribution is 8.36. The monoisotopic (exact) mass is 508 g/mol. The van der Waals surface area contributed by atoms with E-state index in [0.717, 1.165) is 29.2 Å². The molecule has 1 atom stereocenters. The van der Waals surface area contributed by atoms with Gasteiger partial charge in [-0.2, -0.15) is 13.2 Å². The maximum absolute atomic E-state index is 13.0. The first-order chi connectivity index (χ1) is 16.0. The van der Waals surface area contributed by atoms with Gasteiger partial charge >= 0.3 is 12.1 Å². The summed E-state index contributed by atoms with van der Waals surface area (Å²) in [6, 6.07) is 6.07. The highest BCUT2D eigenvalue weighted by atomic mass is 32.3. The Morgan fingerprint density at radius 2 is 2.00 bits per heavy atom. The molecule has 0 fully saturated rings. The summed E-state index contributed by atoms with van der Waals surface area (Å²) in [7, 11) is -2.89. The number of rotatable bonds is 6. The molecular formula is C22H19F3N4O3S2. The van der Waals surface area contributed by atoms with Crippen molar-refractivity contribution in [2.75, 3.05) is 5.32 Å². The number of hydrogen-bond acceptors (Lipinski definition) is 7. The zero-order valence-corrected chi connectivity index (χ0v) is 19.6. The second-order valence-electron chi connectivity index (χ2n) is 7.41. The third-order valence-corrected chi connectivity index (χ3v) is 9.04. The Balaban J connectivity index is 1.66. The molecule has 12 heteroatoms. The number of nitrogens with one attached hydrogen (secondary N) is 1. The molecule has 1 aromatic carbocycles. The average molecular weight is 509 g/mol. The van der Waals surface area contributed by atoms with Gasteiger partial charge in [-0.3, -0.25) is 0 Å². The van der Waals surface area contributed by atoms with Crippen LogP contribution in [0, 0.1) is 6.92 Å². The molecule has 0 aliphatic carbocycles. The Hall–Kier alpha value is -3.22. The summed E-state index contributed by atoms with van der Waals surface area (Å²) in [5.74, 6) is -1.38. The fourth-order valence-electron chi connectivity index (χ4n) is 3.46. The Kier molecular flexibility index (Phi) is 6.23. The fraction of sp³-hybridized carbons (Fsp3) is 0.182. The fourth-order valence-corrected chi connectivity index (χ4v) is 7.17. The van der Waals surface area contributed by atoms with E-state index in [-0.39, 0.29) is 15.2 Å². The quantitative estimate of drug-likeness (QED) is 0.345. The van der Waals surface area contributed by atoms with E-state index in [2.05, 4.69) is 20.3 Å². The smallest absolute Gasteiger partial charge is 0.433 e. The summed E-state index contributed by atoms with van der Waals surface area (Å²) < 4.78 is 50.4. The maximum atomic E-state index is 13.0. The van der Waals surface area contributed by atoms with Crippen LogP contribution in [0.3, 0.4) is 0 Å². The van der Waals surface area contributed by atoms with Crippen molar-refractivity contribution in [3.8, 4) is 10.4 Å². The van der Waals surface area contributed by atoms with Crippen LogP contribution >= 0.6 is 21.6 Å². The molecule has 0 amide bonds. The van der Waals surface area contributed by atoms with Gasteiger partial charge in [-0.25, -0.2) is 19.7 Å². The van der Waals surface area contributed by atoms with E-state index in [9.17, 15) is 27.6 Å². The molecule has 0 radical (unpaired) electrons. The van der Waals surface area contributed by atoms with Crippen LogP contribution in [0.5, 0.6) is 0 Å². The van der Waals surface area contributed by atoms with Crippen LogP contribution in [0.4, 0.5) is 24.8 Å². The number of thiazole rings is 1. The highest BCUT2D eigenvalue weighted by Gasteiger charge is 2.39. The minimum absolute atomic E-state index is 0.0378. The van der Waals surface area contributed by atoms with Gasteiger partial charge in [0.25, 0.3) is 0 Å². The van der Waals surface area contributed by atoms with Gasteiger partial charge in [0.1, 0.15) is 10.6 Å². The van der Waals surface area contributed by atoms with Crippen LogP contribution in [0.2, 0.25) is 0 Å². The minimum Gasteiger partial charge on any atom is -0.477 e. The van der Waals surface area contributed by atoms with Crippen molar-refractivity contribution < 1.29 is 27.6 Å². The van der Waals surface area contributed by atoms with Crippen LogP contribution in [0.15, 0.2) is 63.0 Å². The Morgan fingerprint density at radius 3 is 2.68 bits per heavy atom. The SMILES string of the molecule is CCC1=C(C(=O)O)S(O)(c2ncc(-c3cc(C)cc(Nc4nccc(C(F)(F)F)n4)c3)s2)C=C1. The third-order valence-electron chi connectivity index (χ3n) is 4.96. The lowest BCUT2D eigenvalue weighted by molar-refractivity contribution is -0.141. The summed E-state index contributed by atoms with van der Waals surface area (Å²) in [6.45, 7) is 3.64. The largest absolute Gasteiger partial charge is 0.477 e. The molecule has 34 heavy (non-hydrogen) atoms. The molecule has 178 valence electrons. The van der Waals surface area contributed by atoms with Gasteiger partial charge in [0.05, 0.1) is 4.88 Å². The summed E-state index contributed by atoms with van der Waals surface area (Å²) in [5, 5.41) is 14.0. The van der Waals surface area contributed by atoms with E-state index < -0.39 is 28.1 Å². The number of anilines is 2. The van der Waals surface area contributed by atoms with Crippen molar-refractivity contribution in [1.82, 2.24) is 15.0 Å². The van der Waals surface area contributed by atoms with E-state index in [1.807, 2.05) is 19.9 Å². The van der Waals surface area contributed by atoms with Crippen molar-refractivity contribution in [3.05, 3.63) is 69.9 Å². The van der Waals surface area contributed by atoms with Gasteiger partial charge in [0.2, 0.25) is 5.95 Å². The lowest BCUT2D eigenvalue weighted by Gasteiger charge is -2.25. The predicted octanol–water partition coefficient (Wildman–Crippen LogP) is 6.58. The van der Waals surface area contributed by atoms with Gasteiger partial charge < -0.3 is 15.0 Å². The Bertz CT molecular complexity index is 1340. The number of allylic oxidation sites excluding steroid dienone is 2. The van der Waals surface area contributed by atoms with Gasteiger partial charge in [0, 0.05) is 18.1 Å². The predicted molar refractivity (Wildman–Crippen MR) is 125 cm³/mol. The molecule has 7 nitrogen and oxygen atoms in total. The number of alkyl halides is 3. The molecular weight excluding hydrogens is 489 g/mol. The number of benzene rings is 1. The molecule has 1 aliphatic rings. The molecule has 2 aromatic heterocycles. The van der Waals surface area contributed by atoms with Gasteiger partial charge in [-0.05, 0) is 70.0 Å². The van der Waals surface area contributed by atoms with Crippen molar-refractivity contribution in [1.29, 1.82) is 0 Å². The molecule has 1 aliphatic heterocycles. The van der Waals surface area contributed by atoms with Gasteiger partial charge in [-0.1, -0.05) is 13.0 Å². The molecule has 3 N–H and O–H groups in total. The lowest BCUT2D eigenvalue weighted by atomic mass is 10.1. The normalized spacial score (nSPS) is 19.8. The van der Waals surface area contributed by atoms with E-state index in [0.29, 0.717) is 28.1 Å². The number of aromatic nitrogens is 3. The summed E-state index contributed by atoms with van der Waals surface area (Å²) >= 11 is 1.16. The van der Waals surface area contributed by atoms with Crippen LogP contribution in [0.1, 0.15) is 24.6 Å². The molecule has 1 unspecified atom stereocenters. The summed E-state index contributed by atoms with van der Waals surface area (Å²) in [5.41, 5.74) is 1.48. The highest BCUT2D eigenvalue weighted by Crippen LogP contribution is 2.65. The number of aryl methyl sites for hydroxylation is 1. The minimum atomic E-state index is -4.59. The second kappa shape index (κ2) is 8.85. The number of halogens is 3. The molecule has 3 heterocycles. The van der Waals surface area contributed by atoms with Crippen molar-refractivity contribution in [2.45, 2.75) is 30.8 Å². The molecule has 0 bridgehead atoms. The first-order valence-electron chi connectivity index (χ1n) is 9.97. The Labute approximate surface area is 198 Å². The van der Waals surface area contributed by atoms with E-state index in [4.69, 9.17) is 0 Å². The number of carbonyl (C=O) groups is 1. The third kappa shape index (κ3) is 4.56. The number of carboxylic acids is 1. The van der Waals surface area contributed by atoms with E-state index in [1.54, 1.807) is 24.4 Å². The van der Waals surface area contributed by atoms with E-state index in [1.165, 1.54) is 5.41 Å². The Morgan fingerprint density at radius 1 is 1.24 bits per heavy atom. The molecule has 0 spiro atoms. The van der Waals surface area contributed by atoms with Crippen molar-refractivity contribution >= 4 is 39.3 Å². The summed E-state index contributed by atoms with van der Waals surface area (Å²) in [4.78, 5) is 24.2. The zero-order chi connectivity index (χ0) is 24.7. The number of aliphatic carboxylic acids is 1. The lowest BCUT2D eigenvalue weighted by Crippen LogP contribution is -2.10. The first-order valence-corrected chi connectivity index (χ1v) is 12.4. The number of hydrogen-bond donors (Lipinski definition) is 3. The van der Waals surface area contributed by atoms with Crippen molar-refractivity contribution in [3.63, 3.8) is 0 Å². The molecule has 3 aromatic rings. The van der Waals surface area contributed by atoms with Crippen LogP contribution in [-0.4, -0.2) is 30.6 Å². The van der Waals surface area contributed by atoms with Gasteiger partial charge in [0.15, 0.2) is 4.34 Å². The maximum Gasteiger partial charge on any atom is 0.433 e. The van der Waals surface area contributed by atoms with Gasteiger partial charge in [-0.15, -0.1) is 11.3 Å². The summed E-state index contributed by atoms with van der Waals surface area (Å²) in [6.07, 6.45) is 0.0801. The second-order valence-corrected chi connectivity index (χ2v) is 11.0. The topological polar surface area (TPSA) is 108 Å². The van der Waals surface area contributed by atoms with Crippen LogP contribution in [-0.2, 0) is 11.0 Å². The molecule has 4 rings (SSSR count). The standard InChI is InChI=1S/C22H19F3N4O3S2/c1-3-13-5-7-34(32,18(13)19(30)31)21-27-11-16(33-21)14-8-12(2)9-15(10-14)28-20-26-6-4-17(29-20)22(23,24)25/h4-11,32H,3H2,1-2H3,(H,30,31)(H,26,28,29). The van der Waals surface area contributed by atoms with E-state index >= 15 is 0 Å². The average Bonchev–Trinajstić information content (AvgIpc) is 3.39. The number of nitrogens with zero attached hydrogens (tertiary/aromatic N) is 3. The number of carboxylic acid groups (broad SMARTS) is 1. The van der Waals surface area contributed by atoms with Crippen LogP contribution < -0.4 is 5.32 Å². The van der Waals surface area contributed by atoms with Crippen LogP contribution in [0.25, 0.3) is 10.4 Å². The zero-order valence-electron chi connectivity index (χ0n) is 17.9. The molecule has 0 saturated heterocycles.